The van der Waals surface area contributed by atoms with E-state index in [0.717, 1.165) is 12.0 Å². The molecule has 1 saturated heterocycles. The Morgan fingerprint density at radius 2 is 1.71 bits per heavy atom. The summed E-state index contributed by atoms with van der Waals surface area (Å²) in [5.74, 6) is -0.713. The van der Waals surface area contributed by atoms with Crippen molar-refractivity contribution in [2.45, 2.75) is 30.3 Å². The summed E-state index contributed by atoms with van der Waals surface area (Å²) < 4.78 is 34.2. The highest BCUT2D eigenvalue weighted by Gasteiger charge is 2.40. The Labute approximate surface area is 208 Å². The number of anilines is 1. The highest BCUT2D eigenvalue weighted by Crippen LogP contribution is 2.34. The number of amides is 1. The molecule has 0 bridgehead atoms. The minimum absolute atomic E-state index is 0.00245. The lowest BCUT2D eigenvalue weighted by Gasteiger charge is -2.24. The molecule has 9 heteroatoms. The van der Waals surface area contributed by atoms with Crippen molar-refractivity contribution in [3.05, 3.63) is 88.9 Å². The molecule has 0 spiro atoms. The zero-order valence-electron chi connectivity index (χ0n) is 18.8. The number of para-hydroxylation sites is 1. The predicted molar refractivity (Wildman–Crippen MR) is 132 cm³/mol. The number of Topliss-reactive ketones (excluding diaryl/α,β-unsaturated/α-hetero) is 1. The topological polar surface area (TPSA) is 84.0 Å². The molecule has 1 fully saturated rings. The zero-order chi connectivity index (χ0) is 24.6. The predicted octanol–water partition coefficient (Wildman–Crippen LogP) is 4.30. The lowest BCUT2D eigenvalue weighted by atomic mass is 10.1. The van der Waals surface area contributed by atoms with Crippen LogP contribution in [0.15, 0.2) is 77.7 Å². The molecule has 3 aromatic carbocycles. The Bertz CT molecular complexity index is 1380. The smallest absolute Gasteiger partial charge is 0.299 e. The number of nitrogens with zero attached hydrogens (tertiary/aromatic N) is 2. The van der Waals surface area contributed by atoms with Crippen molar-refractivity contribution in [3.63, 3.8) is 0 Å². The van der Waals surface area contributed by atoms with Crippen LogP contribution in [0.4, 0.5) is 5.69 Å². The molecule has 35 heavy (non-hydrogen) atoms. The fourth-order valence-corrected chi connectivity index (χ4v) is 6.34. The summed E-state index contributed by atoms with van der Waals surface area (Å²) in [5, 5.41) is 0.571. The number of sulfonamides is 1. The van der Waals surface area contributed by atoms with Gasteiger partial charge >= 0.3 is 0 Å². The van der Waals surface area contributed by atoms with Crippen molar-refractivity contribution in [1.82, 2.24) is 4.31 Å². The van der Waals surface area contributed by atoms with Gasteiger partial charge in [0.05, 0.1) is 28.7 Å². The first-order valence-electron chi connectivity index (χ1n) is 11.3. The summed E-state index contributed by atoms with van der Waals surface area (Å²) >= 11 is 5.93. The first kappa shape index (κ1) is 23.5. The average molecular weight is 511 g/mol. The molecule has 1 amide bonds. The Kier molecular flexibility index (Phi) is 6.35. The van der Waals surface area contributed by atoms with Gasteiger partial charge in [0.2, 0.25) is 10.0 Å². The van der Waals surface area contributed by atoms with Crippen molar-refractivity contribution in [2.75, 3.05) is 18.1 Å². The van der Waals surface area contributed by atoms with Gasteiger partial charge in [-0.2, -0.15) is 4.31 Å². The number of benzene rings is 3. The van der Waals surface area contributed by atoms with Crippen LogP contribution in [-0.4, -0.2) is 43.6 Å². The van der Waals surface area contributed by atoms with Crippen LogP contribution in [0.5, 0.6) is 5.75 Å². The molecule has 1 atom stereocenters. The molecule has 7 nitrogen and oxygen atoms in total. The number of carbonyl (C=O) groups excluding carboxylic acids is 2. The second-order valence-corrected chi connectivity index (χ2v) is 10.9. The maximum atomic E-state index is 13.5. The largest absolute Gasteiger partial charge is 0.492 e. The number of hydrogen-bond donors (Lipinski definition) is 0. The Morgan fingerprint density at radius 1 is 0.971 bits per heavy atom. The molecule has 0 saturated carbocycles. The standard InChI is InChI=1S/C26H23ClN2O5S/c27-19-10-8-18(9-11-19)16-28-24-13-12-22(15-23(24)25(30)26(28)31)35(32,33)29-14-4-5-20(29)17-34-21-6-2-1-3-7-21/h1-3,6-13,15,20H,4-5,14,16-17H2. The fraction of sp³-hybridized carbons (Fsp3) is 0.231. The lowest BCUT2D eigenvalue weighted by molar-refractivity contribution is -0.114. The van der Waals surface area contributed by atoms with Crippen molar-refractivity contribution < 1.29 is 22.7 Å². The summed E-state index contributed by atoms with van der Waals surface area (Å²) in [5.41, 5.74) is 1.30. The Morgan fingerprint density at radius 3 is 2.46 bits per heavy atom. The quantitative estimate of drug-likeness (QED) is 0.442. The molecule has 1 unspecified atom stereocenters. The van der Waals surface area contributed by atoms with Crippen molar-refractivity contribution in [1.29, 1.82) is 0 Å². The number of hydrogen-bond acceptors (Lipinski definition) is 5. The van der Waals surface area contributed by atoms with Crippen LogP contribution in [0.2, 0.25) is 5.02 Å². The summed E-state index contributed by atoms with van der Waals surface area (Å²) in [4.78, 5) is 26.8. The van der Waals surface area contributed by atoms with E-state index in [1.54, 1.807) is 24.3 Å². The van der Waals surface area contributed by atoms with Crippen LogP contribution in [-0.2, 0) is 21.4 Å². The average Bonchev–Trinajstić information content (AvgIpc) is 3.44. The summed E-state index contributed by atoms with van der Waals surface area (Å²) in [6, 6.07) is 20.2. The molecule has 5 rings (SSSR count). The molecule has 0 N–H and O–H groups in total. The van der Waals surface area contributed by atoms with E-state index in [2.05, 4.69) is 0 Å². The van der Waals surface area contributed by atoms with Gasteiger partial charge in [-0.05, 0) is 60.9 Å². The van der Waals surface area contributed by atoms with Crippen molar-refractivity contribution in [3.8, 4) is 5.75 Å². The highest BCUT2D eigenvalue weighted by atomic mass is 35.5. The van der Waals surface area contributed by atoms with E-state index in [1.807, 2.05) is 30.3 Å². The summed E-state index contributed by atoms with van der Waals surface area (Å²) in [6.45, 7) is 0.796. The number of ether oxygens (including phenoxy) is 1. The third kappa shape index (κ3) is 4.57. The van der Waals surface area contributed by atoms with Gasteiger partial charge in [-0.1, -0.05) is 41.9 Å². The van der Waals surface area contributed by atoms with Crippen LogP contribution in [0, 0.1) is 0 Å². The van der Waals surface area contributed by atoms with Gasteiger partial charge in [0.1, 0.15) is 12.4 Å². The van der Waals surface area contributed by atoms with Gasteiger partial charge in [0.15, 0.2) is 0 Å². The minimum atomic E-state index is -3.88. The van der Waals surface area contributed by atoms with E-state index >= 15 is 0 Å². The van der Waals surface area contributed by atoms with Gasteiger partial charge < -0.3 is 9.64 Å². The van der Waals surface area contributed by atoms with Crippen LogP contribution >= 0.6 is 11.6 Å². The van der Waals surface area contributed by atoms with E-state index in [0.29, 0.717) is 29.4 Å². The van der Waals surface area contributed by atoms with Crippen molar-refractivity contribution >= 4 is 39.0 Å². The molecule has 0 aromatic heterocycles. The molecule has 2 heterocycles. The van der Waals surface area contributed by atoms with Gasteiger partial charge in [-0.3, -0.25) is 9.59 Å². The van der Waals surface area contributed by atoms with Crippen LogP contribution < -0.4 is 9.64 Å². The Balaban J connectivity index is 1.38. The third-order valence-corrected chi connectivity index (χ3v) is 8.51. The minimum Gasteiger partial charge on any atom is -0.492 e. The Hall–Kier alpha value is -3.20. The van der Waals surface area contributed by atoms with Gasteiger partial charge in [-0.15, -0.1) is 0 Å². The second kappa shape index (κ2) is 9.45. The molecule has 180 valence electrons. The maximum absolute atomic E-state index is 13.5. The SMILES string of the molecule is O=C1C(=O)N(Cc2ccc(Cl)cc2)c2ccc(S(=O)(=O)N3CCCC3COc3ccccc3)cc21. The van der Waals surface area contributed by atoms with Gasteiger partial charge in [0.25, 0.3) is 11.7 Å². The molecule has 2 aliphatic rings. The number of fused-ring (bicyclic) bond motifs is 1. The van der Waals surface area contributed by atoms with E-state index < -0.39 is 21.7 Å². The molecular weight excluding hydrogens is 488 g/mol. The number of rotatable bonds is 7. The number of halogens is 1. The molecule has 2 aliphatic heterocycles. The van der Waals surface area contributed by atoms with E-state index in [4.69, 9.17) is 16.3 Å². The molecule has 0 aliphatic carbocycles. The second-order valence-electron chi connectivity index (χ2n) is 8.56. The van der Waals surface area contributed by atoms with E-state index in [-0.39, 0.29) is 29.7 Å². The zero-order valence-corrected chi connectivity index (χ0v) is 20.3. The molecule has 0 radical (unpaired) electrons. The van der Waals surface area contributed by atoms with E-state index in [1.165, 1.54) is 27.4 Å². The first-order valence-corrected chi connectivity index (χ1v) is 13.1. The monoisotopic (exact) mass is 510 g/mol. The number of carbonyl (C=O) groups is 2. The normalized spacial score (nSPS) is 18.2. The highest BCUT2D eigenvalue weighted by molar-refractivity contribution is 7.89. The molecular formula is C26H23ClN2O5S. The summed E-state index contributed by atoms with van der Waals surface area (Å²) in [6.07, 6.45) is 1.41. The first-order chi connectivity index (χ1) is 16.8. The summed E-state index contributed by atoms with van der Waals surface area (Å²) in [7, 11) is -3.88. The van der Waals surface area contributed by atoms with Crippen LogP contribution in [0.25, 0.3) is 0 Å². The third-order valence-electron chi connectivity index (χ3n) is 6.31. The maximum Gasteiger partial charge on any atom is 0.299 e. The number of ketones is 1. The van der Waals surface area contributed by atoms with Gasteiger partial charge in [0, 0.05) is 11.6 Å². The molecule has 3 aromatic rings. The fourth-order valence-electron chi connectivity index (χ4n) is 4.51. The van der Waals surface area contributed by atoms with E-state index in [9.17, 15) is 18.0 Å². The van der Waals surface area contributed by atoms with Crippen LogP contribution in [0.1, 0.15) is 28.8 Å². The van der Waals surface area contributed by atoms with Crippen LogP contribution in [0.3, 0.4) is 0 Å². The lowest BCUT2D eigenvalue weighted by Crippen LogP contribution is -2.39. The van der Waals surface area contributed by atoms with Crippen molar-refractivity contribution in [2.24, 2.45) is 0 Å². The van der Waals surface area contributed by atoms with Gasteiger partial charge in [-0.25, -0.2) is 8.42 Å².